The Morgan fingerprint density at radius 1 is 0.964 bits per heavy atom. The van der Waals surface area contributed by atoms with Crippen molar-refractivity contribution in [1.82, 2.24) is 4.98 Å². The Bertz CT molecular complexity index is 853. The Hall–Kier alpha value is -2.63. The summed E-state index contributed by atoms with van der Waals surface area (Å²) in [6.45, 7) is 0.594. The molecule has 0 aliphatic heterocycles. The van der Waals surface area contributed by atoms with Crippen LogP contribution in [0, 0.1) is 35.4 Å². The summed E-state index contributed by atoms with van der Waals surface area (Å²) in [6.07, 6.45) is 2.86. The number of amides is 1. The van der Waals surface area contributed by atoms with Gasteiger partial charge in [-0.25, -0.2) is 8.78 Å². The first-order valence-electron chi connectivity index (χ1n) is 8.24. The molecule has 0 saturated carbocycles. The highest BCUT2D eigenvalue weighted by atomic mass is 35.5. The molecule has 150 valence electrons. The maximum atomic E-state index is 13.5. The summed E-state index contributed by atoms with van der Waals surface area (Å²) in [7, 11) is 0. The Morgan fingerprint density at radius 3 is 2.14 bits per heavy atom. The first-order valence-corrected chi connectivity index (χ1v) is 8.24. The highest BCUT2D eigenvalue weighted by molar-refractivity contribution is 5.90. The average Bonchev–Trinajstić information content (AvgIpc) is 2.65. The van der Waals surface area contributed by atoms with Crippen LogP contribution in [0.15, 0.2) is 24.3 Å². The van der Waals surface area contributed by atoms with Gasteiger partial charge in [0.1, 0.15) is 5.56 Å². The second-order valence-corrected chi connectivity index (χ2v) is 5.67. The maximum absolute atomic E-state index is 13.5. The fourth-order valence-corrected chi connectivity index (χ4v) is 2.20. The van der Waals surface area contributed by atoms with E-state index >= 15 is 0 Å². The summed E-state index contributed by atoms with van der Waals surface area (Å²) in [5.74, 6) is -2.50. The molecule has 1 aromatic carbocycles. The van der Waals surface area contributed by atoms with Crippen LogP contribution in [0.5, 0.6) is 0 Å². The number of hydrogen-bond donors (Lipinski definition) is 2. The van der Waals surface area contributed by atoms with Crippen LogP contribution < -0.4 is 11.1 Å². The lowest BCUT2D eigenvalue weighted by Gasteiger charge is -2.05. The molecule has 1 amide bonds. The molecule has 2 rings (SSSR count). The van der Waals surface area contributed by atoms with Gasteiger partial charge >= 0.3 is 0 Å². The molecule has 28 heavy (non-hydrogen) atoms. The van der Waals surface area contributed by atoms with Crippen LogP contribution in [0.2, 0.25) is 0 Å². The third-order valence-electron chi connectivity index (χ3n) is 3.61. The van der Waals surface area contributed by atoms with Gasteiger partial charge in [-0.15, -0.1) is 12.4 Å². The van der Waals surface area contributed by atoms with Crippen molar-refractivity contribution in [2.24, 2.45) is 5.73 Å². The van der Waals surface area contributed by atoms with E-state index in [1.165, 1.54) is 12.1 Å². The molecule has 0 unspecified atom stereocenters. The highest BCUT2D eigenvalue weighted by Gasteiger charge is 2.19. The summed E-state index contributed by atoms with van der Waals surface area (Å²) in [5, 5.41) is 2.71. The Kier molecular flexibility index (Phi) is 9.42. The molecule has 0 bridgehead atoms. The van der Waals surface area contributed by atoms with Gasteiger partial charge in [0.05, 0.1) is 0 Å². The molecule has 0 atom stereocenters. The number of rotatable bonds is 6. The number of hydrogen-bond acceptors (Lipinski definition) is 3. The average molecular weight is 416 g/mol. The SMILES string of the molecule is Cl.NCCCCCC(=O)Nc1ccc(C#Cc2c(F)c(F)nc(F)c2F)cc1. The van der Waals surface area contributed by atoms with E-state index < -0.39 is 29.1 Å². The molecular formula is C19H18ClF4N3O. The van der Waals surface area contributed by atoms with Crippen LogP contribution >= 0.6 is 12.4 Å². The van der Waals surface area contributed by atoms with Crippen LogP contribution in [0.3, 0.4) is 0 Å². The van der Waals surface area contributed by atoms with Gasteiger partial charge in [0.25, 0.3) is 11.9 Å². The quantitative estimate of drug-likeness (QED) is 0.325. The van der Waals surface area contributed by atoms with Crippen molar-refractivity contribution < 1.29 is 22.4 Å². The fraction of sp³-hybridized carbons (Fsp3) is 0.263. The summed E-state index contributed by atoms with van der Waals surface area (Å²) in [4.78, 5) is 14.2. The van der Waals surface area contributed by atoms with Crippen molar-refractivity contribution in [2.45, 2.75) is 25.7 Å². The number of nitrogens with two attached hydrogens (primary N) is 1. The zero-order valence-corrected chi connectivity index (χ0v) is 15.5. The first kappa shape index (κ1) is 23.4. The van der Waals surface area contributed by atoms with Crippen molar-refractivity contribution in [3.63, 3.8) is 0 Å². The largest absolute Gasteiger partial charge is 0.330 e. The minimum Gasteiger partial charge on any atom is -0.330 e. The normalized spacial score (nSPS) is 9.89. The maximum Gasteiger partial charge on any atom is 0.253 e. The zero-order chi connectivity index (χ0) is 19.8. The van der Waals surface area contributed by atoms with E-state index in [1.54, 1.807) is 12.1 Å². The van der Waals surface area contributed by atoms with E-state index in [4.69, 9.17) is 5.73 Å². The number of benzene rings is 1. The molecule has 3 N–H and O–H groups in total. The molecule has 1 heterocycles. The Morgan fingerprint density at radius 2 is 1.57 bits per heavy atom. The Balaban J connectivity index is 0.00000392. The molecule has 1 aromatic heterocycles. The van der Waals surface area contributed by atoms with Gasteiger partial charge in [0.15, 0.2) is 11.6 Å². The predicted molar refractivity (Wildman–Crippen MR) is 99.9 cm³/mol. The van der Waals surface area contributed by atoms with E-state index in [2.05, 4.69) is 22.1 Å². The van der Waals surface area contributed by atoms with Crippen LogP contribution in [-0.2, 0) is 4.79 Å². The van der Waals surface area contributed by atoms with Gasteiger partial charge in [0.2, 0.25) is 5.91 Å². The van der Waals surface area contributed by atoms with E-state index in [-0.39, 0.29) is 18.3 Å². The monoisotopic (exact) mass is 415 g/mol. The molecule has 0 fully saturated rings. The zero-order valence-electron chi connectivity index (χ0n) is 14.7. The molecule has 4 nitrogen and oxygen atoms in total. The highest BCUT2D eigenvalue weighted by Crippen LogP contribution is 2.16. The molecule has 0 radical (unpaired) electrons. The van der Waals surface area contributed by atoms with Gasteiger partial charge in [0, 0.05) is 17.7 Å². The van der Waals surface area contributed by atoms with Crippen molar-refractivity contribution >= 4 is 24.0 Å². The number of carbonyl (C=O) groups excluding carboxylic acids is 1. The van der Waals surface area contributed by atoms with Crippen molar-refractivity contribution in [3.05, 3.63) is 58.9 Å². The third-order valence-corrected chi connectivity index (χ3v) is 3.61. The van der Waals surface area contributed by atoms with E-state index in [1.807, 2.05) is 0 Å². The minimum absolute atomic E-state index is 0. The van der Waals surface area contributed by atoms with Gasteiger partial charge < -0.3 is 11.1 Å². The molecule has 0 aliphatic rings. The number of aromatic nitrogens is 1. The van der Waals surface area contributed by atoms with Crippen LogP contribution in [0.25, 0.3) is 0 Å². The number of carbonyl (C=O) groups is 1. The van der Waals surface area contributed by atoms with Crippen molar-refractivity contribution in [3.8, 4) is 11.8 Å². The van der Waals surface area contributed by atoms with Gasteiger partial charge in [-0.3, -0.25) is 4.79 Å². The molecular weight excluding hydrogens is 398 g/mol. The molecule has 0 saturated heterocycles. The van der Waals surface area contributed by atoms with Gasteiger partial charge in [-0.1, -0.05) is 18.3 Å². The van der Waals surface area contributed by atoms with E-state index in [0.29, 0.717) is 24.2 Å². The minimum atomic E-state index is -1.76. The lowest BCUT2D eigenvalue weighted by molar-refractivity contribution is -0.116. The van der Waals surface area contributed by atoms with Crippen molar-refractivity contribution in [2.75, 3.05) is 11.9 Å². The number of anilines is 1. The summed E-state index contributed by atoms with van der Waals surface area (Å²) >= 11 is 0. The number of halogens is 5. The molecule has 0 aliphatic carbocycles. The number of nitrogens with one attached hydrogen (secondary N) is 1. The number of nitrogens with zero attached hydrogens (tertiary/aromatic N) is 1. The summed E-state index contributed by atoms with van der Waals surface area (Å²) in [6, 6.07) is 6.12. The van der Waals surface area contributed by atoms with Crippen LogP contribution in [0.1, 0.15) is 36.8 Å². The van der Waals surface area contributed by atoms with E-state index in [0.717, 1.165) is 19.3 Å². The van der Waals surface area contributed by atoms with E-state index in [9.17, 15) is 22.4 Å². The topological polar surface area (TPSA) is 68.0 Å². The van der Waals surface area contributed by atoms with Gasteiger partial charge in [-0.05, 0) is 43.7 Å². The number of pyridine rings is 1. The molecule has 0 spiro atoms. The number of unbranched alkanes of at least 4 members (excludes halogenated alkanes) is 2. The summed E-state index contributed by atoms with van der Waals surface area (Å²) < 4.78 is 53.1. The fourth-order valence-electron chi connectivity index (χ4n) is 2.20. The Labute approximate surface area is 165 Å². The third kappa shape index (κ3) is 6.51. The smallest absolute Gasteiger partial charge is 0.253 e. The van der Waals surface area contributed by atoms with Crippen LogP contribution in [0.4, 0.5) is 23.2 Å². The second-order valence-electron chi connectivity index (χ2n) is 5.67. The van der Waals surface area contributed by atoms with Gasteiger partial charge in [-0.2, -0.15) is 13.8 Å². The molecule has 2 aromatic rings. The predicted octanol–water partition coefficient (Wildman–Crippen LogP) is 3.92. The van der Waals surface area contributed by atoms with Crippen LogP contribution in [-0.4, -0.2) is 17.4 Å². The second kappa shape index (κ2) is 11.3. The van der Waals surface area contributed by atoms with Crippen molar-refractivity contribution in [1.29, 1.82) is 0 Å². The lowest BCUT2D eigenvalue weighted by Crippen LogP contribution is -2.11. The first-order chi connectivity index (χ1) is 12.9. The standard InChI is InChI=1S/C19H17F4N3O.ClH/c20-16-14(17(21)19(23)26-18(16)22)10-7-12-5-8-13(9-6-12)25-15(27)4-2-1-3-11-24;/h5-6,8-9H,1-4,11,24H2,(H,25,27);1H. The molecule has 9 heteroatoms. The lowest BCUT2D eigenvalue weighted by atomic mass is 10.1. The summed E-state index contributed by atoms with van der Waals surface area (Å²) in [5.41, 5.74) is 5.22.